The van der Waals surface area contributed by atoms with Gasteiger partial charge in [-0.2, -0.15) is 30.7 Å². The van der Waals surface area contributed by atoms with Gasteiger partial charge in [-0.15, -0.1) is 0 Å². The van der Waals surface area contributed by atoms with Gasteiger partial charge in [0.25, 0.3) is 0 Å². The van der Waals surface area contributed by atoms with Crippen molar-refractivity contribution in [3.63, 3.8) is 0 Å². The van der Waals surface area contributed by atoms with Crippen molar-refractivity contribution in [1.29, 1.82) is 0 Å². The van der Waals surface area contributed by atoms with E-state index in [-0.39, 0.29) is 34.1 Å². The minimum absolute atomic E-state index is 0.000520. The molecule has 8 nitrogen and oxygen atoms in total. The van der Waals surface area contributed by atoms with Crippen molar-refractivity contribution in [3.05, 3.63) is 116 Å². The summed E-state index contributed by atoms with van der Waals surface area (Å²) < 4.78 is 182. The Bertz CT molecular complexity index is 2110. The maximum Gasteiger partial charge on any atom is 0.491 e. The third-order valence-electron chi connectivity index (χ3n) is 6.03. The molecule has 0 aliphatic rings. The van der Waals surface area contributed by atoms with Crippen molar-refractivity contribution in [3.8, 4) is 23.0 Å². The van der Waals surface area contributed by atoms with E-state index in [4.69, 9.17) is 37.8 Å². The van der Waals surface area contributed by atoms with Crippen LogP contribution in [0, 0.1) is 58.2 Å². The first kappa shape index (κ1) is 47.7. The average molecular weight is 875 g/mol. The second-order valence-electron chi connectivity index (χ2n) is 11.0. The first-order chi connectivity index (χ1) is 26.2. The highest BCUT2D eigenvalue weighted by Gasteiger charge is 2.43. The predicted molar refractivity (Wildman–Crippen MR) is 171 cm³/mol. The van der Waals surface area contributed by atoms with Gasteiger partial charge in [0.2, 0.25) is 69.7 Å². The number of carbonyl (C=O) groups excluding carboxylic acids is 2. The molecule has 0 saturated heterocycles. The highest BCUT2D eigenvalue weighted by molar-refractivity contribution is 6.32. The van der Waals surface area contributed by atoms with Gasteiger partial charge < -0.3 is 24.1 Å². The Labute approximate surface area is 321 Å². The zero-order valence-electron chi connectivity index (χ0n) is 28.6. The zero-order chi connectivity index (χ0) is 43.9. The molecule has 23 heteroatoms. The van der Waals surface area contributed by atoms with Gasteiger partial charge in [-0.3, -0.25) is 0 Å². The van der Waals surface area contributed by atoms with Crippen LogP contribution in [0.15, 0.2) is 36.4 Å². The standard InChI is InChI=1S/C16H10ClF5O3.C10H11ClO3.C8F8O2/c1-6(2)24-9-4-3-7(5-8(9)17)16(23)25-15-13(21)11(19)10(18)12(20)14(15)22;1-6(2)14-9-4-3-7(10(12)13)5-8(9)11;9-1-2(10)4(12)6(5(13)3(1)11)18-7(17)8(14,15)16/h3-6H,1-2H3;3-6H,1-2H3,(H,12,13);. The maximum absolute atomic E-state index is 13.5. The van der Waals surface area contributed by atoms with Gasteiger partial charge in [0.05, 0.1) is 33.4 Å². The van der Waals surface area contributed by atoms with E-state index in [1.807, 2.05) is 13.8 Å². The number of hydrogen-bond donors (Lipinski definition) is 1. The van der Waals surface area contributed by atoms with Crippen LogP contribution in [-0.4, -0.2) is 41.4 Å². The second-order valence-corrected chi connectivity index (χ2v) is 11.8. The third-order valence-corrected chi connectivity index (χ3v) is 6.62. The number of aromatic carboxylic acids is 1. The van der Waals surface area contributed by atoms with Crippen molar-refractivity contribution in [2.75, 3.05) is 0 Å². The number of esters is 2. The van der Waals surface area contributed by atoms with Crippen LogP contribution in [0.5, 0.6) is 23.0 Å². The molecule has 0 heterocycles. The number of carbonyl (C=O) groups is 3. The monoisotopic (exact) mass is 874 g/mol. The SMILES string of the molecule is CC(C)Oc1ccc(C(=O)O)cc1Cl.CC(C)Oc1ccc(C(=O)Oc2c(F)c(F)c(F)c(F)c2F)cc1Cl.O=C(Oc1c(F)c(F)c(F)c(F)c1F)C(F)(F)F. The minimum Gasteiger partial charge on any atom is -0.489 e. The summed E-state index contributed by atoms with van der Waals surface area (Å²) in [5.74, 6) is -33.0. The number of rotatable bonds is 8. The van der Waals surface area contributed by atoms with Crippen LogP contribution in [-0.2, 0) is 4.79 Å². The molecule has 4 rings (SSSR count). The first-order valence-electron chi connectivity index (χ1n) is 14.9. The van der Waals surface area contributed by atoms with Crippen LogP contribution in [0.3, 0.4) is 0 Å². The second kappa shape index (κ2) is 19.6. The van der Waals surface area contributed by atoms with Crippen molar-refractivity contribution in [2.45, 2.75) is 46.1 Å². The van der Waals surface area contributed by atoms with E-state index < -0.39 is 93.8 Å². The Hall–Kier alpha value is -5.44. The molecule has 0 amide bonds. The summed E-state index contributed by atoms with van der Waals surface area (Å²) >= 11 is 11.7. The van der Waals surface area contributed by atoms with Gasteiger partial charge in [0.1, 0.15) is 11.5 Å². The van der Waals surface area contributed by atoms with Crippen molar-refractivity contribution in [2.24, 2.45) is 0 Å². The Morgan fingerprint density at radius 3 is 1.18 bits per heavy atom. The quantitative estimate of drug-likeness (QED) is 0.0613. The molecule has 0 fully saturated rings. The van der Waals surface area contributed by atoms with Crippen molar-refractivity contribution >= 4 is 41.1 Å². The van der Waals surface area contributed by atoms with E-state index in [9.17, 15) is 71.5 Å². The molecule has 0 aliphatic carbocycles. The molecule has 0 atom stereocenters. The van der Waals surface area contributed by atoms with Crippen molar-refractivity contribution in [1.82, 2.24) is 0 Å². The highest BCUT2D eigenvalue weighted by atomic mass is 35.5. The fourth-order valence-corrected chi connectivity index (χ4v) is 4.06. The Balaban J connectivity index is 0.000000309. The van der Waals surface area contributed by atoms with Gasteiger partial charge in [0.15, 0.2) is 0 Å². The number of benzene rings is 4. The minimum atomic E-state index is -5.65. The molecule has 0 unspecified atom stereocenters. The topological polar surface area (TPSA) is 108 Å². The molecule has 0 radical (unpaired) electrons. The average Bonchev–Trinajstić information content (AvgIpc) is 3.13. The normalized spacial score (nSPS) is 11.0. The smallest absolute Gasteiger partial charge is 0.489 e. The molecule has 4 aromatic rings. The number of halogens is 15. The summed E-state index contributed by atoms with van der Waals surface area (Å²) in [5.41, 5.74) is -0.115. The van der Waals surface area contributed by atoms with Crippen LogP contribution in [0.2, 0.25) is 10.0 Å². The summed E-state index contributed by atoms with van der Waals surface area (Å²) in [6.07, 6.45) is -5.84. The largest absolute Gasteiger partial charge is 0.491 e. The summed E-state index contributed by atoms with van der Waals surface area (Å²) in [6.45, 7) is 7.23. The summed E-state index contributed by atoms with van der Waals surface area (Å²) in [7, 11) is 0. The summed E-state index contributed by atoms with van der Waals surface area (Å²) in [5, 5.41) is 9.00. The lowest BCUT2D eigenvalue weighted by Gasteiger charge is -2.12. The Morgan fingerprint density at radius 1 is 0.544 bits per heavy atom. The van der Waals surface area contributed by atoms with Crippen LogP contribution in [0.1, 0.15) is 48.4 Å². The van der Waals surface area contributed by atoms with E-state index in [0.717, 1.165) is 12.1 Å². The lowest BCUT2D eigenvalue weighted by molar-refractivity contribution is -0.190. The van der Waals surface area contributed by atoms with Crippen LogP contribution in [0.4, 0.5) is 57.1 Å². The van der Waals surface area contributed by atoms with E-state index in [1.54, 1.807) is 19.9 Å². The molecular weight excluding hydrogens is 854 g/mol. The fraction of sp³-hybridized carbons (Fsp3) is 0.206. The lowest BCUT2D eigenvalue weighted by Crippen LogP contribution is -2.29. The summed E-state index contributed by atoms with van der Waals surface area (Å²) in [6, 6.07) is 7.95. The summed E-state index contributed by atoms with van der Waals surface area (Å²) in [4.78, 5) is 32.7. The van der Waals surface area contributed by atoms with E-state index >= 15 is 0 Å². The Morgan fingerprint density at radius 2 is 0.860 bits per heavy atom. The van der Waals surface area contributed by atoms with E-state index in [2.05, 4.69) is 9.47 Å². The molecule has 310 valence electrons. The van der Waals surface area contributed by atoms with Crippen LogP contribution >= 0.6 is 23.2 Å². The number of hydrogen-bond acceptors (Lipinski definition) is 7. The van der Waals surface area contributed by atoms with Gasteiger partial charge in [0, 0.05) is 0 Å². The molecule has 0 bridgehead atoms. The third kappa shape index (κ3) is 12.3. The van der Waals surface area contributed by atoms with Crippen LogP contribution in [0.25, 0.3) is 0 Å². The predicted octanol–water partition coefficient (Wildman–Crippen LogP) is 10.7. The number of carboxylic acid groups (broad SMARTS) is 1. The molecular formula is C34H21Cl2F13O8. The molecule has 1 N–H and O–H groups in total. The molecule has 0 spiro atoms. The van der Waals surface area contributed by atoms with Crippen LogP contribution < -0.4 is 18.9 Å². The Kier molecular flexibility index (Phi) is 16.4. The highest BCUT2D eigenvalue weighted by Crippen LogP contribution is 2.33. The van der Waals surface area contributed by atoms with Gasteiger partial charge in [-0.1, -0.05) is 23.2 Å². The van der Waals surface area contributed by atoms with Gasteiger partial charge in [-0.25, -0.2) is 40.7 Å². The zero-order valence-corrected chi connectivity index (χ0v) is 30.1. The fourth-order valence-electron chi connectivity index (χ4n) is 3.61. The maximum atomic E-state index is 13.5. The molecule has 4 aromatic carbocycles. The number of carboxylic acids is 1. The van der Waals surface area contributed by atoms with E-state index in [0.29, 0.717) is 10.8 Å². The number of alkyl halides is 3. The molecule has 0 aliphatic heterocycles. The molecule has 57 heavy (non-hydrogen) atoms. The van der Waals surface area contributed by atoms with Crippen molar-refractivity contribution < 1.29 is 95.5 Å². The van der Waals surface area contributed by atoms with E-state index in [1.165, 1.54) is 18.2 Å². The molecule has 0 aromatic heterocycles. The number of ether oxygens (including phenoxy) is 4. The van der Waals surface area contributed by atoms with Gasteiger partial charge in [-0.05, 0) is 64.1 Å². The van der Waals surface area contributed by atoms with Gasteiger partial charge >= 0.3 is 24.1 Å². The first-order valence-corrected chi connectivity index (χ1v) is 15.7. The molecule has 0 saturated carbocycles. The lowest BCUT2D eigenvalue weighted by atomic mass is 10.2.